The summed E-state index contributed by atoms with van der Waals surface area (Å²) in [6.45, 7) is 14.2. The van der Waals surface area contributed by atoms with Crippen LogP contribution in [-0.4, -0.2) is 6.10 Å². The molecular formula is C32H46O. The first-order valence-corrected chi connectivity index (χ1v) is 13.4. The summed E-state index contributed by atoms with van der Waals surface area (Å²) in [7, 11) is 0. The Morgan fingerprint density at radius 1 is 0.909 bits per heavy atom. The fourth-order valence-corrected chi connectivity index (χ4v) is 7.51. The monoisotopic (exact) mass is 446 g/mol. The zero-order chi connectivity index (χ0) is 23.6. The van der Waals surface area contributed by atoms with Gasteiger partial charge in [0.05, 0.1) is 12.2 Å². The van der Waals surface area contributed by atoms with Crippen LogP contribution in [0.4, 0.5) is 0 Å². The second-order valence-corrected chi connectivity index (χ2v) is 12.6. The molecule has 2 fully saturated rings. The van der Waals surface area contributed by atoms with Crippen molar-refractivity contribution in [3.05, 3.63) is 70.8 Å². The van der Waals surface area contributed by atoms with E-state index in [0.29, 0.717) is 28.8 Å². The van der Waals surface area contributed by atoms with Gasteiger partial charge in [0.1, 0.15) is 0 Å². The summed E-state index contributed by atoms with van der Waals surface area (Å²) in [4.78, 5) is 0. The van der Waals surface area contributed by atoms with Crippen LogP contribution in [0.1, 0.15) is 113 Å². The third kappa shape index (κ3) is 6.10. The van der Waals surface area contributed by atoms with Crippen molar-refractivity contribution in [2.45, 2.75) is 111 Å². The van der Waals surface area contributed by atoms with Gasteiger partial charge in [0, 0.05) is 5.92 Å². The fourth-order valence-electron chi connectivity index (χ4n) is 7.51. The number of benzene rings is 2. The van der Waals surface area contributed by atoms with Crippen LogP contribution in [0, 0.1) is 30.6 Å². The summed E-state index contributed by atoms with van der Waals surface area (Å²) in [5.74, 6) is 1.20. The predicted octanol–water partition coefficient (Wildman–Crippen LogP) is 9.33. The highest BCUT2D eigenvalue weighted by molar-refractivity contribution is 5.30. The second-order valence-electron chi connectivity index (χ2n) is 12.6. The van der Waals surface area contributed by atoms with Crippen molar-refractivity contribution in [3.8, 4) is 0 Å². The molecule has 2 aromatic rings. The van der Waals surface area contributed by atoms with Gasteiger partial charge in [-0.1, -0.05) is 93.3 Å². The van der Waals surface area contributed by atoms with Crippen LogP contribution >= 0.6 is 0 Å². The number of aryl methyl sites for hydroxylation is 2. The van der Waals surface area contributed by atoms with Gasteiger partial charge in [0.2, 0.25) is 0 Å². The lowest BCUT2D eigenvalue weighted by atomic mass is 9.59. The highest BCUT2D eigenvalue weighted by atomic mass is 16.5. The molecule has 0 saturated heterocycles. The minimum atomic E-state index is 0.128. The number of hydrogen-bond donors (Lipinski definition) is 0. The fraction of sp³-hybridized carbons (Fsp3) is 0.625. The third-order valence-electron chi connectivity index (χ3n) is 8.54. The number of ether oxygens (including phenoxy) is 1. The molecule has 0 aliphatic heterocycles. The molecule has 2 unspecified atom stereocenters. The van der Waals surface area contributed by atoms with Gasteiger partial charge < -0.3 is 4.74 Å². The maximum absolute atomic E-state index is 6.95. The summed E-state index contributed by atoms with van der Waals surface area (Å²) < 4.78 is 6.95. The molecule has 0 aromatic heterocycles. The lowest BCUT2D eigenvalue weighted by Gasteiger charge is -2.48. The third-order valence-corrected chi connectivity index (χ3v) is 8.54. The molecule has 0 radical (unpaired) electrons. The van der Waals surface area contributed by atoms with Crippen molar-refractivity contribution in [1.82, 2.24) is 0 Å². The Bertz CT molecular complexity index is 893. The zero-order valence-corrected chi connectivity index (χ0v) is 22.0. The van der Waals surface area contributed by atoms with E-state index in [1.807, 2.05) is 0 Å². The molecule has 0 amide bonds. The molecule has 2 aromatic carbocycles. The van der Waals surface area contributed by atoms with Gasteiger partial charge in [-0.05, 0) is 87.2 Å². The van der Waals surface area contributed by atoms with E-state index in [4.69, 9.17) is 4.74 Å². The largest absolute Gasteiger partial charge is 0.370 e. The quantitative estimate of drug-likeness (QED) is 0.429. The van der Waals surface area contributed by atoms with Crippen molar-refractivity contribution in [2.75, 3.05) is 0 Å². The van der Waals surface area contributed by atoms with Crippen LogP contribution in [0.3, 0.4) is 0 Å². The molecule has 0 heterocycles. The van der Waals surface area contributed by atoms with E-state index in [9.17, 15) is 0 Å². The molecule has 2 aliphatic carbocycles. The molecule has 2 saturated carbocycles. The molecule has 0 spiro atoms. The Balaban J connectivity index is 1.58. The van der Waals surface area contributed by atoms with Crippen LogP contribution in [0.2, 0.25) is 0 Å². The molecule has 2 aliphatic rings. The zero-order valence-electron chi connectivity index (χ0n) is 22.0. The Hall–Kier alpha value is -1.60. The van der Waals surface area contributed by atoms with Gasteiger partial charge in [0.25, 0.3) is 0 Å². The standard InChI is InChI=1S/C32H46O/c1-23-18-24(2)20-28(19-23)25(3)33-29-15-10-14-27(30(29)26-12-8-7-9-13-26)21-32(6)17-11-16-31(4,5)22-32/h7-9,12-13,18-20,25,27,29-30H,10-11,14-17,21-22H2,1-6H3/t25-,27+,29?,30+,32?/m1/s1. The first-order chi connectivity index (χ1) is 15.6. The average molecular weight is 447 g/mol. The van der Waals surface area contributed by atoms with Crippen molar-refractivity contribution in [3.63, 3.8) is 0 Å². The molecule has 4 rings (SSSR count). The van der Waals surface area contributed by atoms with Gasteiger partial charge in [-0.25, -0.2) is 0 Å². The minimum Gasteiger partial charge on any atom is -0.370 e. The van der Waals surface area contributed by atoms with Gasteiger partial charge in [0.15, 0.2) is 0 Å². The normalized spacial score (nSPS) is 30.7. The van der Waals surface area contributed by atoms with Gasteiger partial charge >= 0.3 is 0 Å². The van der Waals surface area contributed by atoms with Gasteiger partial charge in [-0.15, -0.1) is 0 Å². The van der Waals surface area contributed by atoms with Crippen molar-refractivity contribution >= 4 is 0 Å². The summed E-state index contributed by atoms with van der Waals surface area (Å²) in [5.41, 5.74) is 6.41. The molecular weight excluding hydrogens is 400 g/mol. The molecule has 1 nitrogen and oxygen atoms in total. The summed E-state index contributed by atoms with van der Waals surface area (Å²) >= 11 is 0. The molecule has 33 heavy (non-hydrogen) atoms. The van der Waals surface area contributed by atoms with Gasteiger partial charge in [-0.3, -0.25) is 0 Å². The Labute approximate surface area is 203 Å². The molecule has 5 atom stereocenters. The summed E-state index contributed by atoms with van der Waals surface area (Å²) in [6.07, 6.45) is 11.1. The predicted molar refractivity (Wildman–Crippen MR) is 141 cm³/mol. The van der Waals surface area contributed by atoms with E-state index in [1.165, 1.54) is 73.6 Å². The van der Waals surface area contributed by atoms with Crippen molar-refractivity contribution in [2.24, 2.45) is 16.7 Å². The Morgan fingerprint density at radius 3 is 2.27 bits per heavy atom. The Morgan fingerprint density at radius 2 is 1.61 bits per heavy atom. The SMILES string of the molecule is Cc1cc(C)cc([C@@H](C)OC2CCC[C@@H](CC3(C)CCCC(C)(C)C3)[C@@H]2c2ccccc2)c1. The highest BCUT2D eigenvalue weighted by Gasteiger charge is 2.43. The van der Waals surface area contributed by atoms with E-state index in [2.05, 4.69) is 90.1 Å². The molecule has 0 N–H and O–H groups in total. The van der Waals surface area contributed by atoms with E-state index >= 15 is 0 Å². The maximum Gasteiger partial charge on any atom is 0.0801 e. The van der Waals surface area contributed by atoms with Crippen LogP contribution in [0.15, 0.2) is 48.5 Å². The lowest BCUT2D eigenvalue weighted by molar-refractivity contribution is -0.0573. The number of hydrogen-bond acceptors (Lipinski definition) is 1. The van der Waals surface area contributed by atoms with E-state index in [1.54, 1.807) is 0 Å². The van der Waals surface area contributed by atoms with E-state index < -0.39 is 0 Å². The topological polar surface area (TPSA) is 9.23 Å². The maximum atomic E-state index is 6.95. The van der Waals surface area contributed by atoms with Crippen molar-refractivity contribution in [1.29, 1.82) is 0 Å². The smallest absolute Gasteiger partial charge is 0.0801 e. The average Bonchev–Trinajstić information content (AvgIpc) is 2.72. The van der Waals surface area contributed by atoms with Crippen LogP contribution in [0.5, 0.6) is 0 Å². The van der Waals surface area contributed by atoms with Crippen LogP contribution < -0.4 is 0 Å². The lowest BCUT2D eigenvalue weighted by Crippen LogP contribution is -2.38. The first kappa shape index (κ1) is 24.5. The Kier molecular flexibility index (Phi) is 7.39. The van der Waals surface area contributed by atoms with E-state index in [-0.39, 0.29) is 6.10 Å². The van der Waals surface area contributed by atoms with Crippen LogP contribution in [-0.2, 0) is 4.74 Å². The first-order valence-electron chi connectivity index (χ1n) is 13.4. The van der Waals surface area contributed by atoms with E-state index in [0.717, 1.165) is 0 Å². The second kappa shape index (κ2) is 9.95. The molecule has 180 valence electrons. The summed E-state index contributed by atoms with van der Waals surface area (Å²) in [5, 5.41) is 0. The number of rotatable bonds is 6. The summed E-state index contributed by atoms with van der Waals surface area (Å²) in [6, 6.07) is 18.2. The minimum absolute atomic E-state index is 0.128. The highest BCUT2D eigenvalue weighted by Crippen LogP contribution is 2.53. The molecule has 1 heteroatoms. The van der Waals surface area contributed by atoms with Gasteiger partial charge in [-0.2, -0.15) is 0 Å². The van der Waals surface area contributed by atoms with Crippen LogP contribution in [0.25, 0.3) is 0 Å². The molecule has 0 bridgehead atoms. The van der Waals surface area contributed by atoms with Crippen molar-refractivity contribution < 1.29 is 4.74 Å².